The Balaban J connectivity index is 4.04. The Bertz CT molecular complexity index is 185. The highest BCUT2D eigenvalue weighted by Crippen LogP contribution is 2.23. The number of carbonyl (C=O) groups is 1. The first-order chi connectivity index (χ1) is 5.90. The Morgan fingerprint density at radius 1 is 1.69 bits per heavy atom. The van der Waals surface area contributed by atoms with Crippen LogP contribution in [-0.2, 0) is 9.53 Å². The van der Waals surface area contributed by atoms with Gasteiger partial charge < -0.3 is 9.84 Å². The summed E-state index contributed by atoms with van der Waals surface area (Å²) >= 11 is 0. The lowest BCUT2D eigenvalue weighted by atomic mass is 9.86. The van der Waals surface area contributed by atoms with E-state index in [-0.39, 0.29) is 12.6 Å². The molecule has 0 aliphatic rings. The van der Waals surface area contributed by atoms with Gasteiger partial charge in [-0.25, -0.2) is 0 Å². The summed E-state index contributed by atoms with van der Waals surface area (Å²) < 4.78 is 4.84. The van der Waals surface area contributed by atoms with Gasteiger partial charge >= 0.3 is 5.97 Å². The molecule has 0 aliphatic carbocycles. The molecule has 0 rings (SSSR count). The Morgan fingerprint density at radius 2 is 2.23 bits per heavy atom. The summed E-state index contributed by atoms with van der Waals surface area (Å²) in [6.07, 6.45) is 1.64. The first-order valence-electron chi connectivity index (χ1n) is 4.32. The zero-order valence-electron chi connectivity index (χ0n) is 8.54. The molecule has 0 radical (unpaired) electrons. The minimum atomic E-state index is -0.524. The maximum Gasteiger partial charge on any atom is 0.302 e. The van der Waals surface area contributed by atoms with Crippen LogP contribution in [0.5, 0.6) is 0 Å². The zero-order chi connectivity index (χ0) is 10.5. The molecule has 0 saturated carbocycles. The largest absolute Gasteiger partial charge is 0.465 e. The molecule has 0 heterocycles. The van der Waals surface area contributed by atoms with Gasteiger partial charge in [0.05, 0.1) is 12.7 Å². The molecule has 0 fully saturated rings. The third-order valence-corrected chi connectivity index (χ3v) is 1.94. The molecule has 1 N–H and O–H groups in total. The van der Waals surface area contributed by atoms with Crippen molar-refractivity contribution in [2.24, 2.45) is 5.41 Å². The van der Waals surface area contributed by atoms with Crippen LogP contribution < -0.4 is 0 Å². The van der Waals surface area contributed by atoms with Gasteiger partial charge in [-0.2, -0.15) is 0 Å². The van der Waals surface area contributed by atoms with E-state index in [4.69, 9.17) is 4.74 Å². The average Bonchev–Trinajstić information content (AvgIpc) is 2.01. The van der Waals surface area contributed by atoms with Gasteiger partial charge in [-0.05, 0) is 6.42 Å². The quantitative estimate of drug-likeness (QED) is 0.523. The minimum absolute atomic E-state index is 0.233. The predicted octanol–water partition coefficient (Wildman–Crippen LogP) is 1.51. The molecular formula is C10H18O3. The molecule has 0 spiro atoms. The highest BCUT2D eigenvalue weighted by atomic mass is 16.5. The summed E-state index contributed by atoms with van der Waals surface area (Å²) in [5.74, 6) is -0.320. The molecule has 0 saturated heterocycles. The van der Waals surface area contributed by atoms with Crippen LogP contribution in [0.15, 0.2) is 12.7 Å². The van der Waals surface area contributed by atoms with Crippen molar-refractivity contribution in [1.29, 1.82) is 0 Å². The van der Waals surface area contributed by atoms with Crippen molar-refractivity contribution >= 4 is 5.97 Å². The maximum absolute atomic E-state index is 10.5. The first-order valence-corrected chi connectivity index (χ1v) is 4.32. The van der Waals surface area contributed by atoms with Crippen LogP contribution in [0.4, 0.5) is 0 Å². The normalized spacial score (nSPS) is 13.5. The van der Waals surface area contributed by atoms with Crippen molar-refractivity contribution < 1.29 is 14.6 Å². The second-order valence-electron chi connectivity index (χ2n) is 3.81. The molecule has 0 aliphatic heterocycles. The SMILES string of the molecule is C=CC[C@H](O)C(C)(C)COC(C)=O. The zero-order valence-corrected chi connectivity index (χ0v) is 8.54. The Morgan fingerprint density at radius 3 is 2.62 bits per heavy atom. The molecule has 3 heteroatoms. The second kappa shape index (κ2) is 5.02. The summed E-state index contributed by atoms with van der Waals surface area (Å²) in [6.45, 7) is 8.83. The van der Waals surface area contributed by atoms with Crippen molar-refractivity contribution in [2.75, 3.05) is 6.61 Å². The molecule has 13 heavy (non-hydrogen) atoms. The van der Waals surface area contributed by atoms with Crippen LogP contribution in [0.1, 0.15) is 27.2 Å². The summed E-state index contributed by atoms with van der Waals surface area (Å²) in [7, 11) is 0. The number of carbonyl (C=O) groups excluding carboxylic acids is 1. The molecule has 1 atom stereocenters. The van der Waals surface area contributed by atoms with Crippen LogP contribution in [0.2, 0.25) is 0 Å². The lowest BCUT2D eigenvalue weighted by Crippen LogP contribution is -2.34. The minimum Gasteiger partial charge on any atom is -0.465 e. The summed E-state index contributed by atoms with van der Waals surface area (Å²) in [5.41, 5.74) is -0.417. The van der Waals surface area contributed by atoms with Crippen molar-refractivity contribution in [3.8, 4) is 0 Å². The van der Waals surface area contributed by atoms with Crippen LogP contribution in [-0.4, -0.2) is 23.8 Å². The number of hydrogen-bond acceptors (Lipinski definition) is 3. The van der Waals surface area contributed by atoms with Crippen LogP contribution in [0, 0.1) is 5.41 Å². The lowest BCUT2D eigenvalue weighted by Gasteiger charge is -2.28. The lowest BCUT2D eigenvalue weighted by molar-refractivity contribution is -0.146. The van der Waals surface area contributed by atoms with E-state index >= 15 is 0 Å². The monoisotopic (exact) mass is 186 g/mol. The van der Waals surface area contributed by atoms with Gasteiger partial charge in [0, 0.05) is 12.3 Å². The molecule has 0 amide bonds. The average molecular weight is 186 g/mol. The third kappa shape index (κ3) is 4.68. The van der Waals surface area contributed by atoms with Crippen molar-refractivity contribution in [3.05, 3.63) is 12.7 Å². The summed E-state index contributed by atoms with van der Waals surface area (Å²) in [5, 5.41) is 9.63. The summed E-state index contributed by atoms with van der Waals surface area (Å²) in [4.78, 5) is 10.5. The molecule has 0 aromatic carbocycles. The van der Waals surface area contributed by atoms with E-state index in [9.17, 15) is 9.90 Å². The van der Waals surface area contributed by atoms with E-state index in [1.807, 2.05) is 13.8 Å². The Labute approximate surface area is 79.4 Å². The van der Waals surface area contributed by atoms with Gasteiger partial charge in [0.2, 0.25) is 0 Å². The fourth-order valence-corrected chi connectivity index (χ4v) is 0.861. The number of hydrogen-bond donors (Lipinski definition) is 1. The maximum atomic E-state index is 10.5. The van der Waals surface area contributed by atoms with Crippen LogP contribution >= 0.6 is 0 Å². The number of aliphatic hydroxyl groups excluding tert-OH is 1. The second-order valence-corrected chi connectivity index (χ2v) is 3.81. The smallest absolute Gasteiger partial charge is 0.302 e. The van der Waals surface area contributed by atoms with E-state index in [2.05, 4.69) is 6.58 Å². The molecule has 3 nitrogen and oxygen atoms in total. The van der Waals surface area contributed by atoms with Gasteiger partial charge in [-0.1, -0.05) is 19.9 Å². The molecule has 0 aromatic heterocycles. The van der Waals surface area contributed by atoms with Gasteiger partial charge in [0.1, 0.15) is 0 Å². The van der Waals surface area contributed by atoms with E-state index in [0.29, 0.717) is 6.42 Å². The van der Waals surface area contributed by atoms with Crippen molar-refractivity contribution in [3.63, 3.8) is 0 Å². The standard InChI is InChI=1S/C10H18O3/c1-5-6-9(12)10(3,4)7-13-8(2)11/h5,9,12H,1,6-7H2,2-4H3/t9-/m0/s1. The van der Waals surface area contributed by atoms with E-state index in [0.717, 1.165) is 0 Å². The molecule has 0 aromatic rings. The predicted molar refractivity (Wildman–Crippen MR) is 51.2 cm³/mol. The fraction of sp³-hybridized carbons (Fsp3) is 0.700. The number of esters is 1. The molecule has 0 bridgehead atoms. The highest BCUT2D eigenvalue weighted by Gasteiger charge is 2.28. The van der Waals surface area contributed by atoms with E-state index in [1.165, 1.54) is 6.92 Å². The van der Waals surface area contributed by atoms with Crippen molar-refractivity contribution in [1.82, 2.24) is 0 Å². The number of aliphatic hydroxyl groups is 1. The topological polar surface area (TPSA) is 46.5 Å². The Kier molecular flexibility index (Phi) is 4.70. The van der Waals surface area contributed by atoms with Gasteiger partial charge in [-0.15, -0.1) is 6.58 Å². The third-order valence-electron chi connectivity index (χ3n) is 1.94. The number of rotatable bonds is 5. The van der Waals surface area contributed by atoms with E-state index < -0.39 is 11.5 Å². The molecular weight excluding hydrogens is 168 g/mol. The van der Waals surface area contributed by atoms with Gasteiger partial charge in [0.25, 0.3) is 0 Å². The fourth-order valence-electron chi connectivity index (χ4n) is 0.861. The van der Waals surface area contributed by atoms with Crippen molar-refractivity contribution in [2.45, 2.75) is 33.3 Å². The van der Waals surface area contributed by atoms with Crippen LogP contribution in [0.25, 0.3) is 0 Å². The van der Waals surface area contributed by atoms with E-state index in [1.54, 1.807) is 6.08 Å². The number of ether oxygens (including phenoxy) is 1. The molecule has 0 unspecified atom stereocenters. The van der Waals surface area contributed by atoms with Gasteiger partial charge in [0.15, 0.2) is 0 Å². The highest BCUT2D eigenvalue weighted by molar-refractivity contribution is 5.65. The van der Waals surface area contributed by atoms with Crippen LogP contribution in [0.3, 0.4) is 0 Å². The first kappa shape index (κ1) is 12.2. The Hall–Kier alpha value is -0.830. The molecule has 76 valence electrons. The van der Waals surface area contributed by atoms with Gasteiger partial charge in [-0.3, -0.25) is 4.79 Å². The summed E-state index contributed by atoms with van der Waals surface area (Å²) in [6, 6.07) is 0.